The lowest BCUT2D eigenvalue weighted by molar-refractivity contribution is -0.149. The molecule has 13 heteroatoms. The Morgan fingerprint density at radius 2 is 1.74 bits per heavy atom. The fourth-order valence-corrected chi connectivity index (χ4v) is 5.99. The number of morpholine rings is 1. The smallest absolute Gasteiger partial charge is 0.349 e. The fourth-order valence-electron chi connectivity index (χ4n) is 5.99. The highest BCUT2D eigenvalue weighted by molar-refractivity contribution is 5.98. The van der Waals surface area contributed by atoms with Crippen LogP contribution in [0, 0.1) is 23.1 Å². The van der Waals surface area contributed by atoms with Crippen LogP contribution in [-0.4, -0.2) is 66.9 Å². The topological polar surface area (TPSA) is 141 Å². The van der Waals surface area contributed by atoms with Crippen molar-refractivity contribution in [2.24, 2.45) is 5.92 Å². The van der Waals surface area contributed by atoms with Gasteiger partial charge in [-0.15, -0.1) is 0 Å². The van der Waals surface area contributed by atoms with E-state index < -0.39 is 53.0 Å². The predicted molar refractivity (Wildman–Crippen MR) is 167 cm³/mol. The molecule has 0 radical (unpaired) electrons. The Labute approximate surface area is 272 Å². The van der Waals surface area contributed by atoms with Crippen molar-refractivity contribution >= 4 is 29.3 Å². The number of ether oxygens (including phenoxy) is 1. The number of hydrogen-bond acceptors (Lipinski definition) is 6. The van der Waals surface area contributed by atoms with Crippen LogP contribution in [0.2, 0.25) is 0 Å². The van der Waals surface area contributed by atoms with E-state index in [1.54, 1.807) is 24.8 Å². The van der Waals surface area contributed by atoms with E-state index in [0.717, 1.165) is 37.5 Å². The third-order valence-corrected chi connectivity index (χ3v) is 8.83. The van der Waals surface area contributed by atoms with E-state index in [0.29, 0.717) is 44.7 Å². The summed E-state index contributed by atoms with van der Waals surface area (Å²) >= 11 is 0. The lowest BCUT2D eigenvalue weighted by Crippen LogP contribution is -2.53. The van der Waals surface area contributed by atoms with Crippen LogP contribution >= 0.6 is 0 Å². The van der Waals surface area contributed by atoms with E-state index >= 15 is 13.2 Å². The first-order valence-corrected chi connectivity index (χ1v) is 15.9. The van der Waals surface area contributed by atoms with Crippen LogP contribution in [0.25, 0.3) is 0 Å². The Kier molecular flexibility index (Phi) is 12.0. The van der Waals surface area contributed by atoms with Crippen LogP contribution in [0.5, 0.6) is 0 Å². The molecule has 1 aliphatic heterocycles. The molecule has 252 valence electrons. The molecule has 4 rings (SSSR count). The maximum absolute atomic E-state index is 15.5. The van der Waals surface area contributed by atoms with Gasteiger partial charge in [-0.1, -0.05) is 51.3 Å². The third-order valence-electron chi connectivity index (χ3n) is 8.83. The Balaban J connectivity index is 1.53. The molecule has 0 aromatic heterocycles. The second-order valence-electron chi connectivity index (χ2n) is 12.0. The quantitative estimate of drug-likeness (QED) is 0.329. The zero-order chi connectivity index (χ0) is 34.1. The predicted octanol–water partition coefficient (Wildman–Crippen LogP) is 4.35. The Morgan fingerprint density at radius 1 is 1.04 bits per heavy atom. The summed E-state index contributed by atoms with van der Waals surface area (Å²) in [4.78, 5) is 53.7. The van der Waals surface area contributed by atoms with Crippen molar-refractivity contribution in [3.05, 3.63) is 65.0 Å². The number of hydrogen-bond donors (Lipinski definition) is 3. The van der Waals surface area contributed by atoms with Crippen LogP contribution in [0.4, 0.5) is 18.9 Å². The van der Waals surface area contributed by atoms with Crippen molar-refractivity contribution < 1.29 is 37.1 Å². The minimum Gasteiger partial charge on any atom is -0.378 e. The highest BCUT2D eigenvalue weighted by atomic mass is 19.3. The summed E-state index contributed by atoms with van der Waals surface area (Å²) in [6.45, 7) is 4.80. The van der Waals surface area contributed by atoms with Gasteiger partial charge in [0.2, 0.25) is 17.7 Å². The van der Waals surface area contributed by atoms with Gasteiger partial charge in [0.1, 0.15) is 17.9 Å². The molecule has 3 N–H and O–H groups in total. The number of halogens is 3. The van der Waals surface area contributed by atoms with Crippen molar-refractivity contribution in [2.75, 3.05) is 31.6 Å². The normalized spacial score (nSPS) is 17.5. The highest BCUT2D eigenvalue weighted by Crippen LogP contribution is 2.32. The van der Waals surface area contributed by atoms with Crippen molar-refractivity contribution in [2.45, 2.75) is 76.3 Å². The van der Waals surface area contributed by atoms with Crippen molar-refractivity contribution in [3.63, 3.8) is 0 Å². The zero-order valence-electron chi connectivity index (χ0n) is 26.5. The van der Waals surface area contributed by atoms with E-state index in [-0.39, 0.29) is 29.5 Å². The first-order chi connectivity index (χ1) is 22.5. The molecule has 3 unspecified atom stereocenters. The molecule has 2 fully saturated rings. The second-order valence-corrected chi connectivity index (χ2v) is 12.0. The molecule has 1 heterocycles. The Hall–Kier alpha value is -4.44. The molecule has 1 aliphatic carbocycles. The van der Waals surface area contributed by atoms with Gasteiger partial charge in [-0.3, -0.25) is 19.2 Å². The first-order valence-electron chi connectivity index (χ1n) is 15.9. The minimum atomic E-state index is -4.04. The summed E-state index contributed by atoms with van der Waals surface area (Å²) in [7, 11) is 0. The number of benzene rings is 2. The van der Waals surface area contributed by atoms with Gasteiger partial charge >= 0.3 is 5.92 Å². The van der Waals surface area contributed by atoms with Gasteiger partial charge in [0.25, 0.3) is 5.91 Å². The molecule has 1 saturated heterocycles. The fraction of sp³-hybridized carbons (Fsp3) is 0.500. The highest BCUT2D eigenvalue weighted by Gasteiger charge is 2.44. The number of rotatable bonds is 11. The van der Waals surface area contributed by atoms with E-state index in [4.69, 9.17) is 10.00 Å². The number of nitrogens with zero attached hydrogens (tertiary/aromatic N) is 2. The number of amides is 4. The molecular weight excluding hydrogens is 615 g/mol. The Bertz CT molecular complexity index is 1500. The molecular formula is C34H40F3N5O5. The standard InChI is InChI=1S/C34H40F3N5O5/c1-3-28(43)40-29(32(45)42-14-16-47-17-15-42)21(2)24-12-13-27(26(35)19-24)39-31(44)30(23-9-5-4-6-10-23)41-33(46)34(36,37)25-11-7-8-22(18-25)20-38/h7-8,11-13,18-19,21,23,29-30H,3-6,9-10,14-17H2,1-2H3,(H,39,44)(H,40,43)(H,41,46). The van der Waals surface area contributed by atoms with Crippen molar-refractivity contribution in [1.82, 2.24) is 15.5 Å². The van der Waals surface area contributed by atoms with Crippen LogP contribution in [0.1, 0.15) is 75.0 Å². The average molecular weight is 656 g/mol. The second kappa shape index (κ2) is 15.9. The average Bonchev–Trinajstić information content (AvgIpc) is 3.10. The number of carbonyl (C=O) groups excluding carboxylic acids is 4. The number of nitrogens with one attached hydrogen (secondary N) is 3. The number of carbonyl (C=O) groups is 4. The van der Waals surface area contributed by atoms with Crippen molar-refractivity contribution in [1.29, 1.82) is 5.26 Å². The lowest BCUT2D eigenvalue weighted by atomic mass is 9.83. The van der Waals surface area contributed by atoms with E-state index in [1.165, 1.54) is 24.3 Å². The van der Waals surface area contributed by atoms with Crippen LogP contribution in [-0.2, 0) is 29.8 Å². The monoisotopic (exact) mass is 655 g/mol. The number of anilines is 1. The summed E-state index contributed by atoms with van der Waals surface area (Å²) in [6, 6.07) is 7.92. The van der Waals surface area contributed by atoms with E-state index in [2.05, 4.69) is 16.0 Å². The first kappa shape index (κ1) is 35.4. The minimum absolute atomic E-state index is 0.0469. The lowest BCUT2D eigenvalue weighted by Gasteiger charge is -2.33. The summed E-state index contributed by atoms with van der Waals surface area (Å²) in [6.07, 6.45) is 3.55. The zero-order valence-corrected chi connectivity index (χ0v) is 26.5. The van der Waals surface area contributed by atoms with Gasteiger partial charge < -0.3 is 25.6 Å². The maximum Gasteiger partial charge on any atom is 0.349 e. The molecule has 10 nitrogen and oxygen atoms in total. The van der Waals surface area contributed by atoms with Gasteiger partial charge in [0, 0.05) is 31.0 Å². The van der Waals surface area contributed by atoms with Crippen LogP contribution in [0.3, 0.4) is 0 Å². The molecule has 4 amide bonds. The number of nitriles is 1. The summed E-state index contributed by atoms with van der Waals surface area (Å²) in [5.74, 6) is -9.17. The SMILES string of the molecule is CCC(=O)NC(C(=O)N1CCOCC1)C(C)c1ccc(NC(=O)C(NC(=O)C(F)(F)c2cccc(C#N)c2)C2CCCCC2)c(F)c1. The molecule has 0 spiro atoms. The summed E-state index contributed by atoms with van der Waals surface area (Å²) < 4.78 is 51.3. The molecule has 0 bridgehead atoms. The molecule has 47 heavy (non-hydrogen) atoms. The largest absolute Gasteiger partial charge is 0.378 e. The van der Waals surface area contributed by atoms with Gasteiger partial charge in [-0.2, -0.15) is 14.0 Å². The molecule has 2 aliphatic rings. The Morgan fingerprint density at radius 3 is 2.38 bits per heavy atom. The third kappa shape index (κ3) is 8.68. The maximum atomic E-state index is 15.5. The molecule has 2 aromatic carbocycles. The van der Waals surface area contributed by atoms with E-state index in [1.807, 2.05) is 0 Å². The summed E-state index contributed by atoms with van der Waals surface area (Å²) in [5, 5.41) is 16.5. The van der Waals surface area contributed by atoms with Crippen LogP contribution in [0.15, 0.2) is 42.5 Å². The van der Waals surface area contributed by atoms with Crippen molar-refractivity contribution in [3.8, 4) is 6.07 Å². The van der Waals surface area contributed by atoms with E-state index in [9.17, 15) is 19.2 Å². The summed E-state index contributed by atoms with van der Waals surface area (Å²) in [5.41, 5.74) is -0.578. The van der Waals surface area contributed by atoms with Gasteiger partial charge in [-0.05, 0) is 48.6 Å². The van der Waals surface area contributed by atoms with Gasteiger partial charge in [0.05, 0.1) is 30.5 Å². The molecule has 2 aromatic rings. The number of alkyl halides is 2. The van der Waals surface area contributed by atoms with Gasteiger partial charge in [0.15, 0.2) is 0 Å². The molecule has 3 atom stereocenters. The van der Waals surface area contributed by atoms with Gasteiger partial charge in [-0.25, -0.2) is 4.39 Å². The van der Waals surface area contributed by atoms with Crippen LogP contribution < -0.4 is 16.0 Å². The molecule has 1 saturated carbocycles.